The number of aryl methyl sites for hydroxylation is 1. The van der Waals surface area contributed by atoms with Gasteiger partial charge in [0.2, 0.25) is 6.79 Å². The number of hydrogen-bond donors (Lipinski definition) is 0. The van der Waals surface area contributed by atoms with Crippen LogP contribution in [0.5, 0.6) is 0 Å². The molecule has 0 N–H and O–H groups in total. The van der Waals surface area contributed by atoms with Crippen LogP contribution in [-0.4, -0.2) is 21.2 Å². The highest BCUT2D eigenvalue weighted by Crippen LogP contribution is 2.33. The van der Waals surface area contributed by atoms with Gasteiger partial charge in [0.15, 0.2) is 0 Å². The molecule has 1 aromatic carbocycles. The van der Waals surface area contributed by atoms with Crippen molar-refractivity contribution >= 4 is 16.1 Å². The van der Waals surface area contributed by atoms with E-state index in [4.69, 9.17) is 0 Å². The molecule has 1 fully saturated rings. The molecule has 0 atom stereocenters. The first kappa shape index (κ1) is 15.0. The molecule has 0 aromatic heterocycles. The zero-order valence-electron chi connectivity index (χ0n) is 11.4. The standard InChI is InChI=1S/C14H18O5S/c1-11(15)18-10-19-20(16,17)14-8-6-13(7-9-14)5-4-12-2-3-12/h6-9,12H,2-5,10H2,1H3. The lowest BCUT2D eigenvalue weighted by atomic mass is 10.1. The third kappa shape index (κ3) is 4.61. The fourth-order valence-corrected chi connectivity index (χ4v) is 2.62. The van der Waals surface area contributed by atoms with E-state index in [0.29, 0.717) is 0 Å². The Bertz CT molecular complexity index is 558. The highest BCUT2D eigenvalue weighted by atomic mass is 32.2. The van der Waals surface area contributed by atoms with Gasteiger partial charge in [0.1, 0.15) is 0 Å². The van der Waals surface area contributed by atoms with Crippen LogP contribution in [0.2, 0.25) is 0 Å². The van der Waals surface area contributed by atoms with Crippen molar-refractivity contribution < 1.29 is 22.1 Å². The summed E-state index contributed by atoms with van der Waals surface area (Å²) in [7, 11) is -3.87. The Morgan fingerprint density at radius 2 is 1.90 bits per heavy atom. The van der Waals surface area contributed by atoms with Crippen LogP contribution in [0.15, 0.2) is 29.2 Å². The summed E-state index contributed by atoms with van der Waals surface area (Å²) in [5, 5.41) is 0. The number of hydrogen-bond acceptors (Lipinski definition) is 5. The lowest BCUT2D eigenvalue weighted by Crippen LogP contribution is -2.11. The quantitative estimate of drug-likeness (QED) is 0.439. The Kier molecular flexibility index (Phi) is 4.77. The van der Waals surface area contributed by atoms with E-state index in [0.717, 1.165) is 24.3 Å². The van der Waals surface area contributed by atoms with Gasteiger partial charge < -0.3 is 4.74 Å². The van der Waals surface area contributed by atoms with Gasteiger partial charge in [-0.1, -0.05) is 25.0 Å². The third-order valence-electron chi connectivity index (χ3n) is 3.22. The highest BCUT2D eigenvalue weighted by Gasteiger charge is 2.21. The molecule has 110 valence electrons. The number of esters is 1. The molecule has 1 aromatic rings. The van der Waals surface area contributed by atoms with Crippen molar-refractivity contribution in [3.05, 3.63) is 29.8 Å². The predicted octanol–water partition coefficient (Wildman–Crippen LogP) is 2.26. The van der Waals surface area contributed by atoms with E-state index in [1.165, 1.54) is 31.9 Å². The summed E-state index contributed by atoms with van der Waals surface area (Å²) in [6.45, 7) is 0.589. The van der Waals surface area contributed by atoms with Gasteiger partial charge >= 0.3 is 5.97 Å². The lowest BCUT2D eigenvalue weighted by Gasteiger charge is -2.06. The van der Waals surface area contributed by atoms with Gasteiger partial charge in [-0.2, -0.15) is 8.42 Å². The smallest absolute Gasteiger partial charge is 0.304 e. The van der Waals surface area contributed by atoms with Crippen molar-refractivity contribution in [1.82, 2.24) is 0 Å². The molecule has 1 saturated carbocycles. The zero-order valence-corrected chi connectivity index (χ0v) is 12.2. The SMILES string of the molecule is CC(=O)OCOS(=O)(=O)c1ccc(CCC2CC2)cc1. The van der Waals surface area contributed by atoms with E-state index in [1.807, 2.05) is 0 Å². The molecular weight excluding hydrogens is 280 g/mol. The summed E-state index contributed by atoms with van der Waals surface area (Å²) in [4.78, 5) is 10.6. The van der Waals surface area contributed by atoms with Crippen LogP contribution in [0.25, 0.3) is 0 Å². The first-order chi connectivity index (χ1) is 9.47. The van der Waals surface area contributed by atoms with Gasteiger partial charge in [-0.05, 0) is 36.5 Å². The van der Waals surface area contributed by atoms with Crippen molar-refractivity contribution in [3.63, 3.8) is 0 Å². The molecule has 0 saturated heterocycles. The van der Waals surface area contributed by atoms with Gasteiger partial charge in [-0.15, -0.1) is 0 Å². The first-order valence-corrected chi connectivity index (χ1v) is 8.00. The average molecular weight is 298 g/mol. The van der Waals surface area contributed by atoms with Crippen LogP contribution in [0, 0.1) is 5.92 Å². The van der Waals surface area contributed by atoms with E-state index in [1.54, 1.807) is 12.1 Å². The molecule has 20 heavy (non-hydrogen) atoms. The van der Waals surface area contributed by atoms with Crippen LogP contribution < -0.4 is 0 Å². The average Bonchev–Trinajstić information content (AvgIpc) is 3.20. The molecule has 2 rings (SSSR count). The summed E-state index contributed by atoms with van der Waals surface area (Å²) in [6.07, 6.45) is 4.77. The Morgan fingerprint density at radius 3 is 2.45 bits per heavy atom. The maximum absolute atomic E-state index is 11.8. The molecule has 0 unspecified atom stereocenters. The Balaban J connectivity index is 1.91. The Morgan fingerprint density at radius 1 is 1.25 bits per heavy atom. The summed E-state index contributed by atoms with van der Waals surface area (Å²) in [6, 6.07) is 6.63. The molecule has 0 spiro atoms. The van der Waals surface area contributed by atoms with Crippen molar-refractivity contribution in [2.75, 3.05) is 6.79 Å². The molecule has 1 aliphatic carbocycles. The molecule has 0 bridgehead atoms. The fraction of sp³-hybridized carbons (Fsp3) is 0.500. The second kappa shape index (κ2) is 6.37. The van der Waals surface area contributed by atoms with E-state index < -0.39 is 22.9 Å². The Labute approximate surface area is 119 Å². The monoisotopic (exact) mass is 298 g/mol. The number of benzene rings is 1. The molecule has 0 aliphatic heterocycles. The van der Waals surface area contributed by atoms with E-state index in [-0.39, 0.29) is 4.90 Å². The van der Waals surface area contributed by atoms with Crippen LogP contribution in [-0.2, 0) is 30.3 Å². The highest BCUT2D eigenvalue weighted by molar-refractivity contribution is 7.86. The minimum Gasteiger partial charge on any atom is -0.437 e. The zero-order chi connectivity index (χ0) is 14.6. The Hall–Kier alpha value is -1.40. The lowest BCUT2D eigenvalue weighted by molar-refractivity contribution is -0.147. The van der Waals surface area contributed by atoms with Gasteiger partial charge in [0, 0.05) is 6.92 Å². The molecule has 0 heterocycles. The molecule has 5 nitrogen and oxygen atoms in total. The predicted molar refractivity (Wildman–Crippen MR) is 72.4 cm³/mol. The van der Waals surface area contributed by atoms with Crippen LogP contribution in [0.1, 0.15) is 31.7 Å². The number of rotatable bonds is 7. The van der Waals surface area contributed by atoms with Gasteiger partial charge in [-0.25, -0.2) is 4.18 Å². The largest absolute Gasteiger partial charge is 0.437 e. The minimum absolute atomic E-state index is 0.0693. The summed E-state index contributed by atoms with van der Waals surface area (Å²) >= 11 is 0. The van der Waals surface area contributed by atoms with Crippen LogP contribution >= 0.6 is 0 Å². The van der Waals surface area contributed by atoms with E-state index in [9.17, 15) is 13.2 Å². The van der Waals surface area contributed by atoms with Crippen molar-refractivity contribution in [2.45, 2.75) is 37.5 Å². The van der Waals surface area contributed by atoms with E-state index >= 15 is 0 Å². The van der Waals surface area contributed by atoms with Crippen molar-refractivity contribution in [3.8, 4) is 0 Å². The normalized spacial score (nSPS) is 15.1. The van der Waals surface area contributed by atoms with Crippen LogP contribution in [0.3, 0.4) is 0 Å². The second-order valence-electron chi connectivity index (χ2n) is 4.95. The van der Waals surface area contributed by atoms with Crippen molar-refractivity contribution in [1.29, 1.82) is 0 Å². The molecule has 0 radical (unpaired) electrons. The first-order valence-electron chi connectivity index (χ1n) is 6.59. The topological polar surface area (TPSA) is 69.7 Å². The second-order valence-corrected chi connectivity index (χ2v) is 6.57. The summed E-state index contributed by atoms with van der Waals surface area (Å²) < 4.78 is 32.6. The van der Waals surface area contributed by atoms with Gasteiger partial charge in [0.05, 0.1) is 4.90 Å². The van der Waals surface area contributed by atoms with Gasteiger partial charge in [-0.3, -0.25) is 4.79 Å². The number of ether oxygens (including phenoxy) is 1. The maximum Gasteiger partial charge on any atom is 0.304 e. The summed E-state index contributed by atoms with van der Waals surface area (Å²) in [5.74, 6) is 0.265. The fourth-order valence-electron chi connectivity index (χ4n) is 1.84. The van der Waals surface area contributed by atoms with Gasteiger partial charge in [0.25, 0.3) is 10.1 Å². The molecular formula is C14H18O5S. The minimum atomic E-state index is -3.87. The van der Waals surface area contributed by atoms with E-state index in [2.05, 4.69) is 8.92 Å². The third-order valence-corrected chi connectivity index (χ3v) is 4.47. The summed E-state index contributed by atoms with van der Waals surface area (Å²) in [5.41, 5.74) is 1.12. The van der Waals surface area contributed by atoms with Crippen molar-refractivity contribution in [2.24, 2.45) is 5.92 Å². The molecule has 0 amide bonds. The molecule has 1 aliphatic rings. The number of carbonyl (C=O) groups excluding carboxylic acids is 1. The van der Waals surface area contributed by atoms with Crippen LogP contribution in [0.4, 0.5) is 0 Å². The maximum atomic E-state index is 11.8. The molecule has 6 heteroatoms. The number of carbonyl (C=O) groups is 1.